The second kappa shape index (κ2) is 6.78. The molecule has 10 heteroatoms. The molecule has 110 valence electrons. The van der Waals surface area contributed by atoms with E-state index in [4.69, 9.17) is 10.2 Å². The standard InChI is InChI=1S/C10H13N3O5S2/c11-19(15,16)5-3-13-20(17,18)10-6-9(2-1-4-14)7-12-8-10/h6-8,13-14H,3-5H2,(H2,11,15,16). The number of hydrogen-bond acceptors (Lipinski definition) is 6. The smallest absolute Gasteiger partial charge is 0.242 e. The molecule has 1 aromatic rings. The van der Waals surface area contributed by atoms with Gasteiger partial charge < -0.3 is 5.11 Å². The molecule has 0 spiro atoms. The minimum Gasteiger partial charge on any atom is -0.384 e. The van der Waals surface area contributed by atoms with Crippen LogP contribution in [-0.2, 0) is 20.0 Å². The SMILES string of the molecule is NS(=O)(=O)CCNS(=O)(=O)c1cncc(C#CCO)c1. The van der Waals surface area contributed by atoms with E-state index in [0.29, 0.717) is 5.56 Å². The zero-order chi connectivity index (χ0) is 15.2. The topological polar surface area (TPSA) is 139 Å². The van der Waals surface area contributed by atoms with Crippen LogP contribution in [0.3, 0.4) is 0 Å². The minimum atomic E-state index is -3.89. The molecule has 0 aliphatic carbocycles. The van der Waals surface area contributed by atoms with Gasteiger partial charge in [0.05, 0.1) is 5.75 Å². The largest absolute Gasteiger partial charge is 0.384 e. The van der Waals surface area contributed by atoms with E-state index in [0.717, 1.165) is 6.20 Å². The van der Waals surface area contributed by atoms with Crippen LogP contribution in [0, 0.1) is 11.8 Å². The third-order valence-corrected chi connectivity index (χ3v) is 4.22. The van der Waals surface area contributed by atoms with Gasteiger partial charge in [-0.1, -0.05) is 11.8 Å². The van der Waals surface area contributed by atoms with Crippen LogP contribution in [0.4, 0.5) is 0 Å². The quantitative estimate of drug-likeness (QED) is 0.536. The van der Waals surface area contributed by atoms with Crippen molar-refractivity contribution in [1.29, 1.82) is 0 Å². The molecule has 0 amide bonds. The summed E-state index contributed by atoms with van der Waals surface area (Å²) >= 11 is 0. The highest BCUT2D eigenvalue weighted by Gasteiger charge is 2.15. The van der Waals surface area contributed by atoms with Gasteiger partial charge in [0, 0.05) is 24.5 Å². The first-order valence-corrected chi connectivity index (χ1v) is 8.49. The van der Waals surface area contributed by atoms with E-state index in [1.165, 1.54) is 12.3 Å². The lowest BCUT2D eigenvalue weighted by Crippen LogP contribution is -2.31. The van der Waals surface area contributed by atoms with E-state index in [-0.39, 0.29) is 18.0 Å². The van der Waals surface area contributed by atoms with Gasteiger partial charge in [0.1, 0.15) is 11.5 Å². The van der Waals surface area contributed by atoms with Gasteiger partial charge in [-0.15, -0.1) is 0 Å². The highest BCUT2D eigenvalue weighted by molar-refractivity contribution is 7.90. The molecule has 1 rings (SSSR count). The first-order chi connectivity index (χ1) is 9.24. The molecule has 0 saturated carbocycles. The normalized spacial score (nSPS) is 11.7. The Labute approximate surface area is 117 Å². The molecule has 0 fully saturated rings. The average molecular weight is 319 g/mol. The van der Waals surface area contributed by atoms with Crippen LogP contribution in [0.15, 0.2) is 23.4 Å². The maximum atomic E-state index is 11.9. The van der Waals surface area contributed by atoms with Crippen molar-refractivity contribution in [2.45, 2.75) is 4.90 Å². The van der Waals surface area contributed by atoms with Crippen molar-refractivity contribution in [3.05, 3.63) is 24.0 Å². The molecule has 1 heterocycles. The number of nitrogens with zero attached hydrogens (tertiary/aromatic N) is 1. The molecule has 0 bridgehead atoms. The molecule has 0 unspecified atom stereocenters. The zero-order valence-corrected chi connectivity index (χ0v) is 11.9. The van der Waals surface area contributed by atoms with Crippen LogP contribution < -0.4 is 9.86 Å². The maximum Gasteiger partial charge on any atom is 0.242 e. The van der Waals surface area contributed by atoms with Crippen molar-refractivity contribution in [3.8, 4) is 11.8 Å². The molecule has 1 aromatic heterocycles. The lowest BCUT2D eigenvalue weighted by atomic mass is 10.3. The summed E-state index contributed by atoms with van der Waals surface area (Å²) in [6.07, 6.45) is 2.44. The summed E-state index contributed by atoms with van der Waals surface area (Å²) in [4.78, 5) is 3.56. The van der Waals surface area contributed by atoms with Gasteiger partial charge in [0.15, 0.2) is 0 Å². The molecule has 0 atom stereocenters. The van der Waals surface area contributed by atoms with Gasteiger partial charge in [-0.05, 0) is 6.07 Å². The molecular formula is C10H13N3O5S2. The van der Waals surface area contributed by atoms with Gasteiger partial charge in [-0.3, -0.25) is 4.98 Å². The van der Waals surface area contributed by atoms with E-state index in [1.807, 2.05) is 0 Å². The second-order valence-corrected chi connectivity index (χ2v) is 7.13. The minimum absolute atomic E-state index is 0.156. The van der Waals surface area contributed by atoms with E-state index in [9.17, 15) is 16.8 Å². The number of sulfonamides is 2. The summed E-state index contributed by atoms with van der Waals surface area (Å²) in [5.41, 5.74) is 0.313. The average Bonchev–Trinajstić information content (AvgIpc) is 2.35. The Hall–Kier alpha value is -1.51. The molecule has 0 saturated heterocycles. The van der Waals surface area contributed by atoms with Crippen LogP contribution >= 0.6 is 0 Å². The van der Waals surface area contributed by atoms with Crippen molar-refractivity contribution in [1.82, 2.24) is 9.71 Å². The van der Waals surface area contributed by atoms with Crippen molar-refractivity contribution < 1.29 is 21.9 Å². The number of nitrogens with one attached hydrogen (secondary N) is 1. The molecule has 0 radical (unpaired) electrons. The van der Waals surface area contributed by atoms with Crippen LogP contribution in [-0.4, -0.2) is 45.8 Å². The van der Waals surface area contributed by atoms with Gasteiger partial charge in [0.25, 0.3) is 0 Å². The molecular weight excluding hydrogens is 306 g/mol. The highest BCUT2D eigenvalue weighted by atomic mass is 32.2. The molecule has 0 aromatic carbocycles. The van der Waals surface area contributed by atoms with Crippen molar-refractivity contribution in [2.75, 3.05) is 18.9 Å². The fraction of sp³-hybridized carbons (Fsp3) is 0.300. The number of primary sulfonamides is 1. The lowest BCUT2D eigenvalue weighted by Gasteiger charge is -2.05. The second-order valence-electron chi connectivity index (χ2n) is 3.63. The molecule has 0 aliphatic rings. The van der Waals surface area contributed by atoms with E-state index < -0.39 is 25.8 Å². The van der Waals surface area contributed by atoms with Gasteiger partial charge >= 0.3 is 0 Å². The van der Waals surface area contributed by atoms with Crippen LogP contribution in [0.25, 0.3) is 0 Å². The van der Waals surface area contributed by atoms with Gasteiger partial charge in [0.2, 0.25) is 20.0 Å². The van der Waals surface area contributed by atoms with Crippen molar-refractivity contribution in [3.63, 3.8) is 0 Å². The fourth-order valence-corrected chi connectivity index (χ4v) is 2.71. The number of aliphatic hydroxyl groups excluding tert-OH is 1. The molecule has 4 N–H and O–H groups in total. The number of rotatable bonds is 5. The molecule has 0 aliphatic heterocycles. The lowest BCUT2D eigenvalue weighted by molar-refractivity contribution is 0.350. The van der Waals surface area contributed by atoms with E-state index in [2.05, 4.69) is 21.5 Å². The summed E-state index contributed by atoms with van der Waals surface area (Å²) in [5, 5.41) is 13.3. The van der Waals surface area contributed by atoms with Crippen molar-refractivity contribution >= 4 is 20.0 Å². The molecule has 8 nitrogen and oxygen atoms in total. The summed E-state index contributed by atoms with van der Waals surface area (Å²) in [5.74, 6) is 4.37. The Kier molecular flexibility index (Phi) is 5.61. The van der Waals surface area contributed by atoms with Crippen LogP contribution in [0.1, 0.15) is 5.56 Å². The van der Waals surface area contributed by atoms with Crippen LogP contribution in [0.2, 0.25) is 0 Å². The third kappa shape index (κ3) is 5.64. The number of nitrogens with two attached hydrogens (primary N) is 1. The summed E-state index contributed by atoms with van der Waals surface area (Å²) < 4.78 is 47.2. The first-order valence-electron chi connectivity index (χ1n) is 5.29. The van der Waals surface area contributed by atoms with Crippen LogP contribution in [0.5, 0.6) is 0 Å². The fourth-order valence-electron chi connectivity index (χ4n) is 1.18. The Bertz CT molecular complexity index is 732. The van der Waals surface area contributed by atoms with Gasteiger partial charge in [-0.2, -0.15) is 0 Å². The third-order valence-electron chi connectivity index (χ3n) is 2.01. The Morgan fingerprint density at radius 1 is 1.30 bits per heavy atom. The monoisotopic (exact) mass is 319 g/mol. The summed E-state index contributed by atoms with van der Waals surface area (Å²) in [6.45, 7) is -0.697. The maximum absolute atomic E-state index is 11.9. The Morgan fingerprint density at radius 3 is 2.60 bits per heavy atom. The number of aromatic nitrogens is 1. The van der Waals surface area contributed by atoms with E-state index >= 15 is 0 Å². The number of hydrogen-bond donors (Lipinski definition) is 3. The number of pyridine rings is 1. The van der Waals surface area contributed by atoms with Crippen molar-refractivity contribution in [2.24, 2.45) is 5.14 Å². The predicted molar refractivity (Wildman–Crippen MR) is 71.4 cm³/mol. The predicted octanol–water partition coefficient (Wildman–Crippen LogP) is -2.01. The number of aliphatic hydroxyl groups is 1. The zero-order valence-electron chi connectivity index (χ0n) is 10.3. The first kappa shape index (κ1) is 16.5. The molecule has 20 heavy (non-hydrogen) atoms. The summed E-state index contributed by atoms with van der Waals surface area (Å²) in [6, 6.07) is 1.26. The van der Waals surface area contributed by atoms with E-state index in [1.54, 1.807) is 0 Å². The Morgan fingerprint density at radius 2 is 2.00 bits per heavy atom. The summed E-state index contributed by atoms with van der Waals surface area (Å²) in [7, 11) is -7.63. The highest BCUT2D eigenvalue weighted by Crippen LogP contribution is 2.08. The van der Waals surface area contributed by atoms with Gasteiger partial charge in [-0.25, -0.2) is 26.7 Å². The Balaban J connectivity index is 2.87.